The number of benzene rings is 1. The summed E-state index contributed by atoms with van der Waals surface area (Å²) in [5.74, 6) is 2.63. The summed E-state index contributed by atoms with van der Waals surface area (Å²) in [6.07, 6.45) is 8.03. The second kappa shape index (κ2) is 4.69. The van der Waals surface area contributed by atoms with Crippen LogP contribution in [0.3, 0.4) is 0 Å². The molecule has 4 rings (SSSR count). The van der Waals surface area contributed by atoms with Crippen molar-refractivity contribution >= 4 is 16.6 Å². The highest BCUT2D eigenvalue weighted by atomic mass is 15.1. The first kappa shape index (κ1) is 12.2. The third-order valence-corrected chi connectivity index (χ3v) is 3.92. The van der Waals surface area contributed by atoms with E-state index in [0.717, 1.165) is 23.2 Å². The molecule has 1 heterocycles. The predicted octanol–water partition coefficient (Wildman–Crippen LogP) is 4.19. The third kappa shape index (κ3) is 1.92. The molecule has 0 amide bonds. The Morgan fingerprint density at radius 1 is 1.21 bits per heavy atom. The molecule has 19 heavy (non-hydrogen) atoms. The SMILES string of the molecule is CC.Cn1c(C2=CC=CC3CC23)nc2ccccc21. The summed E-state index contributed by atoms with van der Waals surface area (Å²) in [7, 11) is 2.11. The topological polar surface area (TPSA) is 17.8 Å². The molecule has 1 saturated carbocycles. The van der Waals surface area contributed by atoms with Gasteiger partial charge in [-0.25, -0.2) is 4.98 Å². The minimum Gasteiger partial charge on any atom is -0.327 e. The van der Waals surface area contributed by atoms with E-state index >= 15 is 0 Å². The first-order valence-electron chi connectivity index (χ1n) is 7.15. The van der Waals surface area contributed by atoms with E-state index in [1.54, 1.807) is 0 Å². The van der Waals surface area contributed by atoms with E-state index in [4.69, 9.17) is 4.98 Å². The van der Waals surface area contributed by atoms with Crippen molar-refractivity contribution in [1.29, 1.82) is 0 Å². The highest BCUT2D eigenvalue weighted by Gasteiger charge is 2.40. The number of aromatic nitrogens is 2. The molecule has 0 bridgehead atoms. The van der Waals surface area contributed by atoms with Crippen LogP contribution in [-0.4, -0.2) is 9.55 Å². The lowest BCUT2D eigenvalue weighted by atomic mass is 10.0. The molecule has 2 atom stereocenters. The van der Waals surface area contributed by atoms with Crippen LogP contribution in [0.2, 0.25) is 0 Å². The lowest BCUT2D eigenvalue weighted by Crippen LogP contribution is -2.00. The van der Waals surface area contributed by atoms with Gasteiger partial charge in [-0.05, 0) is 36.0 Å². The van der Waals surface area contributed by atoms with Crippen molar-refractivity contribution in [2.24, 2.45) is 18.9 Å². The molecule has 0 radical (unpaired) electrons. The molecule has 2 aromatic rings. The van der Waals surface area contributed by atoms with Gasteiger partial charge < -0.3 is 4.57 Å². The molecule has 2 aliphatic carbocycles. The maximum absolute atomic E-state index is 4.77. The molecule has 98 valence electrons. The zero-order valence-electron chi connectivity index (χ0n) is 11.8. The van der Waals surface area contributed by atoms with E-state index < -0.39 is 0 Å². The van der Waals surface area contributed by atoms with Crippen molar-refractivity contribution in [2.45, 2.75) is 20.3 Å². The number of hydrogen-bond acceptors (Lipinski definition) is 1. The first-order chi connectivity index (χ1) is 9.34. The number of imidazole rings is 1. The molecule has 2 heteroatoms. The molecule has 1 aromatic heterocycles. The number of aryl methyl sites for hydroxylation is 1. The van der Waals surface area contributed by atoms with Gasteiger partial charge in [-0.3, -0.25) is 0 Å². The summed E-state index contributed by atoms with van der Waals surface area (Å²) in [6, 6.07) is 8.34. The fourth-order valence-corrected chi connectivity index (χ4v) is 2.85. The van der Waals surface area contributed by atoms with Gasteiger partial charge in [-0.2, -0.15) is 0 Å². The van der Waals surface area contributed by atoms with E-state index in [9.17, 15) is 0 Å². The van der Waals surface area contributed by atoms with Gasteiger partial charge in [-0.1, -0.05) is 44.2 Å². The van der Waals surface area contributed by atoms with Crippen LogP contribution in [0, 0.1) is 11.8 Å². The minimum absolute atomic E-state index is 0.718. The second-order valence-corrected chi connectivity index (χ2v) is 5.00. The zero-order valence-corrected chi connectivity index (χ0v) is 11.8. The van der Waals surface area contributed by atoms with Gasteiger partial charge in [0.25, 0.3) is 0 Å². The van der Waals surface area contributed by atoms with Crippen LogP contribution < -0.4 is 0 Å². The van der Waals surface area contributed by atoms with Crippen LogP contribution >= 0.6 is 0 Å². The average molecular weight is 252 g/mol. The summed E-state index contributed by atoms with van der Waals surface area (Å²) in [4.78, 5) is 4.77. The fourth-order valence-electron chi connectivity index (χ4n) is 2.85. The van der Waals surface area contributed by atoms with E-state index in [2.05, 4.69) is 48.0 Å². The zero-order chi connectivity index (χ0) is 13.4. The molecule has 0 N–H and O–H groups in total. The number of hydrogen-bond donors (Lipinski definition) is 0. The molecule has 1 fully saturated rings. The molecular formula is C17H20N2. The minimum atomic E-state index is 0.718. The molecule has 1 aromatic carbocycles. The van der Waals surface area contributed by atoms with Gasteiger partial charge in [0, 0.05) is 7.05 Å². The van der Waals surface area contributed by atoms with Crippen LogP contribution in [0.15, 0.2) is 42.5 Å². The quantitative estimate of drug-likeness (QED) is 0.744. The number of allylic oxidation sites excluding steroid dienone is 4. The lowest BCUT2D eigenvalue weighted by Gasteiger charge is -2.08. The Morgan fingerprint density at radius 2 is 2.00 bits per heavy atom. The third-order valence-electron chi connectivity index (χ3n) is 3.92. The van der Waals surface area contributed by atoms with Crippen molar-refractivity contribution in [2.75, 3.05) is 0 Å². The number of fused-ring (bicyclic) bond motifs is 2. The average Bonchev–Trinajstić information content (AvgIpc) is 3.20. The second-order valence-electron chi connectivity index (χ2n) is 5.00. The Labute approximate surface area is 114 Å². The van der Waals surface area contributed by atoms with E-state index in [1.165, 1.54) is 17.5 Å². The van der Waals surface area contributed by atoms with Crippen LogP contribution in [-0.2, 0) is 7.05 Å². The van der Waals surface area contributed by atoms with Crippen molar-refractivity contribution in [1.82, 2.24) is 9.55 Å². The summed E-state index contributed by atoms with van der Waals surface area (Å²) < 4.78 is 2.22. The maximum Gasteiger partial charge on any atom is 0.137 e. The Balaban J connectivity index is 0.000000528. The molecule has 0 saturated heterocycles. The Morgan fingerprint density at radius 3 is 2.79 bits per heavy atom. The fraction of sp³-hybridized carbons (Fsp3) is 0.353. The summed E-state index contributed by atoms with van der Waals surface area (Å²) in [6.45, 7) is 4.00. The van der Waals surface area contributed by atoms with E-state index in [0.29, 0.717) is 0 Å². The van der Waals surface area contributed by atoms with Gasteiger partial charge in [0.2, 0.25) is 0 Å². The van der Waals surface area contributed by atoms with Crippen molar-refractivity contribution in [3.63, 3.8) is 0 Å². The summed E-state index contributed by atoms with van der Waals surface area (Å²) in [5, 5.41) is 0. The predicted molar refractivity (Wildman–Crippen MR) is 80.8 cm³/mol. The monoisotopic (exact) mass is 252 g/mol. The van der Waals surface area contributed by atoms with Gasteiger partial charge in [0.05, 0.1) is 11.0 Å². The molecule has 0 spiro atoms. The molecule has 2 nitrogen and oxygen atoms in total. The van der Waals surface area contributed by atoms with Crippen LogP contribution in [0.1, 0.15) is 26.1 Å². The van der Waals surface area contributed by atoms with Crippen LogP contribution in [0.5, 0.6) is 0 Å². The van der Waals surface area contributed by atoms with Gasteiger partial charge in [-0.15, -0.1) is 0 Å². The molecular weight excluding hydrogens is 232 g/mol. The van der Waals surface area contributed by atoms with Gasteiger partial charge >= 0.3 is 0 Å². The maximum atomic E-state index is 4.77. The first-order valence-corrected chi connectivity index (χ1v) is 7.15. The van der Waals surface area contributed by atoms with Crippen molar-refractivity contribution < 1.29 is 0 Å². The standard InChI is InChI=1S/C15H14N2.C2H6/c1-17-14-8-3-2-7-13(14)16-15(17)11-6-4-5-10-9-12(10)11;1-2/h2-8,10,12H,9H2,1H3;1-2H3. The van der Waals surface area contributed by atoms with Gasteiger partial charge in [0.15, 0.2) is 0 Å². The lowest BCUT2D eigenvalue weighted by molar-refractivity contribution is 0.885. The van der Waals surface area contributed by atoms with Crippen molar-refractivity contribution in [3.05, 3.63) is 48.3 Å². The number of rotatable bonds is 1. The molecule has 2 unspecified atom stereocenters. The van der Waals surface area contributed by atoms with E-state index in [1.807, 2.05) is 19.9 Å². The Kier molecular flexibility index (Phi) is 3.02. The number of nitrogens with zero attached hydrogens (tertiary/aromatic N) is 2. The smallest absolute Gasteiger partial charge is 0.137 e. The van der Waals surface area contributed by atoms with Crippen LogP contribution in [0.25, 0.3) is 16.6 Å². The summed E-state index contributed by atoms with van der Waals surface area (Å²) >= 11 is 0. The summed E-state index contributed by atoms with van der Waals surface area (Å²) in [5.41, 5.74) is 3.73. The van der Waals surface area contributed by atoms with Crippen LogP contribution in [0.4, 0.5) is 0 Å². The molecule has 0 aliphatic heterocycles. The highest BCUT2D eigenvalue weighted by Crippen LogP contribution is 2.50. The van der Waals surface area contributed by atoms with E-state index in [-0.39, 0.29) is 0 Å². The highest BCUT2D eigenvalue weighted by molar-refractivity contribution is 5.81. The Hall–Kier alpha value is -1.83. The largest absolute Gasteiger partial charge is 0.327 e. The Bertz CT molecular complexity index is 661. The van der Waals surface area contributed by atoms with Gasteiger partial charge in [0.1, 0.15) is 5.82 Å². The van der Waals surface area contributed by atoms with Crippen molar-refractivity contribution in [3.8, 4) is 0 Å². The number of para-hydroxylation sites is 2. The normalized spacial score (nSPS) is 23.4. The molecule has 2 aliphatic rings.